The van der Waals surface area contributed by atoms with Gasteiger partial charge in [0, 0.05) is 29.1 Å². The Kier molecular flexibility index (Phi) is 7.36. The predicted octanol–water partition coefficient (Wildman–Crippen LogP) is 5.68. The first-order chi connectivity index (χ1) is 16.9. The molecule has 7 nitrogen and oxygen atoms in total. The molecular weight excluding hydrogens is 468 g/mol. The van der Waals surface area contributed by atoms with Gasteiger partial charge < -0.3 is 20.5 Å². The number of carbonyl (C=O) groups is 3. The number of halogens is 1. The van der Waals surface area contributed by atoms with Crippen LogP contribution in [-0.4, -0.2) is 35.7 Å². The van der Waals surface area contributed by atoms with Gasteiger partial charge in [-0.1, -0.05) is 67.1 Å². The fourth-order valence-electron chi connectivity index (χ4n) is 4.33. The smallest absolute Gasteiger partial charge is 0.407 e. The highest BCUT2D eigenvalue weighted by atomic mass is 35.5. The van der Waals surface area contributed by atoms with Gasteiger partial charge in [-0.15, -0.1) is 0 Å². The second-order valence-corrected chi connectivity index (χ2v) is 8.80. The number of hydrogen-bond donors (Lipinski definition) is 3. The number of fused-ring (bicyclic) bond motifs is 3. The first kappa shape index (κ1) is 24.3. The van der Waals surface area contributed by atoms with Gasteiger partial charge in [0.2, 0.25) is 5.91 Å². The van der Waals surface area contributed by atoms with Crippen molar-refractivity contribution in [1.82, 2.24) is 5.32 Å². The minimum Gasteiger partial charge on any atom is -0.478 e. The summed E-state index contributed by atoms with van der Waals surface area (Å²) in [4.78, 5) is 36.2. The lowest BCUT2D eigenvalue weighted by atomic mass is 9.98. The summed E-state index contributed by atoms with van der Waals surface area (Å²) >= 11 is 5.94. The van der Waals surface area contributed by atoms with Gasteiger partial charge in [0.15, 0.2) is 0 Å². The van der Waals surface area contributed by atoms with Crippen molar-refractivity contribution in [2.75, 3.05) is 11.9 Å². The van der Waals surface area contributed by atoms with E-state index in [1.54, 1.807) is 0 Å². The van der Waals surface area contributed by atoms with Gasteiger partial charge in [0.25, 0.3) is 0 Å². The molecule has 3 aromatic carbocycles. The molecule has 1 aliphatic carbocycles. The van der Waals surface area contributed by atoms with Gasteiger partial charge in [-0.25, -0.2) is 9.59 Å². The number of carbonyl (C=O) groups excluding carboxylic acids is 2. The summed E-state index contributed by atoms with van der Waals surface area (Å²) in [5, 5.41) is 14.7. The molecule has 0 heterocycles. The Labute approximate surface area is 208 Å². The second-order valence-electron chi connectivity index (χ2n) is 8.36. The van der Waals surface area contributed by atoms with Crippen molar-refractivity contribution in [3.8, 4) is 11.1 Å². The van der Waals surface area contributed by atoms with Crippen molar-refractivity contribution in [1.29, 1.82) is 0 Å². The summed E-state index contributed by atoms with van der Waals surface area (Å²) in [5.74, 6) is -1.58. The molecule has 0 fully saturated rings. The summed E-state index contributed by atoms with van der Waals surface area (Å²) in [5.41, 5.74) is 4.78. The number of nitrogens with one attached hydrogen (secondary N) is 2. The lowest BCUT2D eigenvalue weighted by Crippen LogP contribution is -2.38. The first-order valence-electron chi connectivity index (χ1n) is 11.3. The Balaban J connectivity index is 1.34. The fourth-order valence-corrected chi connectivity index (χ4v) is 4.56. The van der Waals surface area contributed by atoms with E-state index in [1.165, 1.54) is 18.2 Å². The average Bonchev–Trinajstić information content (AvgIpc) is 3.15. The standard InChI is InChI=1S/C27H25ClN2O5/c1-2-18(14-25(31)29-19-12-16(26(32)33)11-17(28)13-19)30-27(34)35-15-24-22-9-5-3-7-20(22)21-8-4-6-10-23(21)24/h3-13,18,24H,2,14-15H2,1H3,(H,29,31)(H,30,34)(H,32,33)/t18-/m0/s1. The molecule has 0 spiro atoms. The molecule has 1 aliphatic rings. The molecule has 1 atom stereocenters. The number of amides is 2. The molecule has 0 saturated carbocycles. The van der Waals surface area contributed by atoms with E-state index in [2.05, 4.69) is 22.8 Å². The Morgan fingerprint density at radius 1 is 1.00 bits per heavy atom. The third-order valence-electron chi connectivity index (χ3n) is 6.02. The number of carboxylic acids is 1. The Hall–Kier alpha value is -3.84. The second kappa shape index (κ2) is 10.6. The highest BCUT2D eigenvalue weighted by Crippen LogP contribution is 2.44. The van der Waals surface area contributed by atoms with Crippen LogP contribution in [0.1, 0.15) is 47.2 Å². The normalized spacial score (nSPS) is 12.9. The molecule has 0 saturated heterocycles. The van der Waals surface area contributed by atoms with Crippen molar-refractivity contribution in [3.63, 3.8) is 0 Å². The Morgan fingerprint density at radius 2 is 1.63 bits per heavy atom. The molecule has 8 heteroatoms. The maximum atomic E-state index is 12.5. The number of carboxylic acid groups (broad SMARTS) is 1. The third-order valence-corrected chi connectivity index (χ3v) is 6.24. The van der Waals surface area contributed by atoms with Crippen LogP contribution in [0.2, 0.25) is 5.02 Å². The van der Waals surface area contributed by atoms with Crippen LogP contribution in [-0.2, 0) is 9.53 Å². The topological polar surface area (TPSA) is 105 Å². The van der Waals surface area contributed by atoms with E-state index in [4.69, 9.17) is 21.4 Å². The van der Waals surface area contributed by atoms with E-state index in [9.17, 15) is 14.4 Å². The summed E-state index contributed by atoms with van der Waals surface area (Å²) in [7, 11) is 0. The average molecular weight is 493 g/mol. The number of hydrogen-bond acceptors (Lipinski definition) is 4. The van der Waals surface area contributed by atoms with Crippen LogP contribution in [0.5, 0.6) is 0 Å². The van der Waals surface area contributed by atoms with E-state index >= 15 is 0 Å². The van der Waals surface area contributed by atoms with E-state index in [0.717, 1.165) is 22.3 Å². The fraction of sp³-hybridized carbons (Fsp3) is 0.222. The lowest BCUT2D eigenvalue weighted by Gasteiger charge is -2.19. The molecule has 0 bridgehead atoms. The summed E-state index contributed by atoms with van der Waals surface area (Å²) in [6, 6.07) is 19.8. The third kappa shape index (κ3) is 5.63. The van der Waals surface area contributed by atoms with Crippen LogP contribution >= 0.6 is 11.6 Å². The number of benzene rings is 3. The number of rotatable bonds is 8. The molecule has 0 aromatic heterocycles. The zero-order valence-electron chi connectivity index (χ0n) is 19.1. The van der Waals surface area contributed by atoms with Gasteiger partial charge in [-0.2, -0.15) is 0 Å². The molecule has 180 valence electrons. The van der Waals surface area contributed by atoms with E-state index in [0.29, 0.717) is 6.42 Å². The van der Waals surface area contributed by atoms with Gasteiger partial charge in [0.05, 0.1) is 5.56 Å². The summed E-state index contributed by atoms with van der Waals surface area (Å²) in [6.07, 6.45) is -0.0918. The SMILES string of the molecule is CC[C@@H](CC(=O)Nc1cc(Cl)cc(C(=O)O)c1)NC(=O)OCC1c2ccccc2-c2ccccc21. The molecule has 0 radical (unpaired) electrons. The van der Waals surface area contributed by atoms with Crippen molar-refractivity contribution in [2.45, 2.75) is 31.7 Å². The minimum absolute atomic E-state index is 0.00435. The van der Waals surface area contributed by atoms with E-state index in [1.807, 2.05) is 43.3 Å². The molecule has 0 aliphatic heterocycles. The molecule has 4 rings (SSSR count). The van der Waals surface area contributed by atoms with Crippen LogP contribution in [0.4, 0.5) is 10.5 Å². The van der Waals surface area contributed by atoms with Crippen LogP contribution in [0.25, 0.3) is 11.1 Å². The highest BCUT2D eigenvalue weighted by Gasteiger charge is 2.29. The Morgan fingerprint density at radius 3 is 2.23 bits per heavy atom. The molecule has 3 aromatic rings. The number of aromatic carboxylic acids is 1. The lowest BCUT2D eigenvalue weighted by molar-refractivity contribution is -0.116. The predicted molar refractivity (Wildman–Crippen MR) is 134 cm³/mol. The van der Waals surface area contributed by atoms with Crippen LogP contribution in [0.15, 0.2) is 66.7 Å². The molecule has 2 amide bonds. The van der Waals surface area contributed by atoms with E-state index in [-0.39, 0.29) is 41.1 Å². The monoisotopic (exact) mass is 492 g/mol. The summed E-state index contributed by atoms with van der Waals surface area (Å²) < 4.78 is 5.57. The van der Waals surface area contributed by atoms with Crippen molar-refractivity contribution in [3.05, 3.63) is 88.4 Å². The molecule has 0 unspecified atom stereocenters. The maximum absolute atomic E-state index is 12.5. The molecule has 3 N–H and O–H groups in total. The van der Waals surface area contributed by atoms with Gasteiger partial charge in [-0.05, 0) is 46.9 Å². The quantitative estimate of drug-likeness (QED) is 0.375. The highest BCUT2D eigenvalue weighted by molar-refractivity contribution is 6.31. The minimum atomic E-state index is -1.15. The number of ether oxygens (including phenoxy) is 1. The Bertz CT molecular complexity index is 1230. The van der Waals surface area contributed by atoms with Gasteiger partial charge in [-0.3, -0.25) is 4.79 Å². The van der Waals surface area contributed by atoms with Gasteiger partial charge in [0.1, 0.15) is 6.61 Å². The maximum Gasteiger partial charge on any atom is 0.407 e. The zero-order chi connectivity index (χ0) is 24.9. The zero-order valence-corrected chi connectivity index (χ0v) is 19.8. The largest absolute Gasteiger partial charge is 0.478 e. The first-order valence-corrected chi connectivity index (χ1v) is 11.7. The van der Waals surface area contributed by atoms with Crippen molar-refractivity contribution < 1.29 is 24.2 Å². The number of anilines is 1. The van der Waals surface area contributed by atoms with Crippen LogP contribution in [0.3, 0.4) is 0 Å². The van der Waals surface area contributed by atoms with Crippen LogP contribution < -0.4 is 10.6 Å². The van der Waals surface area contributed by atoms with Crippen molar-refractivity contribution in [2.24, 2.45) is 0 Å². The van der Waals surface area contributed by atoms with Crippen LogP contribution in [0, 0.1) is 0 Å². The van der Waals surface area contributed by atoms with Crippen molar-refractivity contribution >= 4 is 35.3 Å². The molecular formula is C27H25ClN2O5. The summed E-state index contributed by atoms with van der Waals surface area (Å²) in [6.45, 7) is 2.03. The number of alkyl carbamates (subject to hydrolysis) is 1. The van der Waals surface area contributed by atoms with E-state index < -0.39 is 18.1 Å². The van der Waals surface area contributed by atoms with Gasteiger partial charge >= 0.3 is 12.1 Å². The molecule has 35 heavy (non-hydrogen) atoms.